The van der Waals surface area contributed by atoms with Crippen LogP contribution in [0.4, 0.5) is 22.0 Å². The Morgan fingerprint density at radius 2 is 1.39 bits per heavy atom. The smallest absolute Gasteiger partial charge is 0.348 e. The monoisotopic (exact) mass is 530 g/mol. The highest BCUT2D eigenvalue weighted by Crippen LogP contribution is 2.19. The molecule has 0 spiro atoms. The number of nitrogens with two attached hydrogens (primary N) is 1. The van der Waals surface area contributed by atoms with Crippen molar-refractivity contribution in [2.75, 3.05) is 13.1 Å². The minimum absolute atomic E-state index is 0.00685. The van der Waals surface area contributed by atoms with Gasteiger partial charge in [-0.2, -0.15) is 13.2 Å². The van der Waals surface area contributed by atoms with Crippen LogP contribution in [0.1, 0.15) is 11.1 Å². The molecule has 0 aliphatic heterocycles. The molecule has 0 aromatic heterocycles. The molecule has 3 N–H and O–H groups in total. The summed E-state index contributed by atoms with van der Waals surface area (Å²) in [7, 11) is 0. The van der Waals surface area contributed by atoms with Crippen LogP contribution in [-0.4, -0.2) is 25.2 Å². The number of benzene rings is 2. The molecule has 154 valence electrons. The fourth-order valence-electron chi connectivity index (χ4n) is 2.05. The average molecular weight is 532 g/mol. The Balaban J connectivity index is 0.000000307. The number of alkyl halides is 3. The lowest BCUT2D eigenvalue weighted by molar-refractivity contribution is -0.173. The Bertz CT molecular complexity index is 800. The molecule has 0 saturated heterocycles. The third-order valence-corrected chi connectivity index (χ3v) is 4.64. The highest BCUT2D eigenvalue weighted by Gasteiger charge is 2.38. The van der Waals surface area contributed by atoms with Gasteiger partial charge in [-0.05, 0) is 74.5 Å². The van der Waals surface area contributed by atoms with Crippen molar-refractivity contribution in [3.63, 3.8) is 0 Å². The molecule has 0 radical (unpaired) electrons. The largest absolute Gasteiger partial charge is 0.471 e. The van der Waals surface area contributed by atoms with Crippen LogP contribution in [0, 0.1) is 11.6 Å². The first-order valence-electron chi connectivity index (χ1n) is 7.98. The van der Waals surface area contributed by atoms with Crippen LogP contribution < -0.4 is 11.1 Å². The Hall–Kier alpha value is -1.52. The van der Waals surface area contributed by atoms with E-state index in [2.05, 4.69) is 31.9 Å². The summed E-state index contributed by atoms with van der Waals surface area (Å²) >= 11 is 6.06. The number of carbonyl (C=O) groups is 1. The number of nitrogens with one attached hydrogen (secondary N) is 1. The van der Waals surface area contributed by atoms with E-state index in [0.29, 0.717) is 23.0 Å². The first-order valence-corrected chi connectivity index (χ1v) is 9.57. The second kappa shape index (κ2) is 11.5. The van der Waals surface area contributed by atoms with Gasteiger partial charge >= 0.3 is 12.1 Å². The van der Waals surface area contributed by atoms with Gasteiger partial charge in [-0.1, -0.05) is 24.3 Å². The first-order chi connectivity index (χ1) is 13.1. The summed E-state index contributed by atoms with van der Waals surface area (Å²) < 4.78 is 62.7. The number of hydrogen-bond acceptors (Lipinski definition) is 2. The van der Waals surface area contributed by atoms with Gasteiger partial charge in [0.2, 0.25) is 0 Å². The fraction of sp³-hybridized carbons (Fsp3) is 0.278. The number of amides is 1. The van der Waals surface area contributed by atoms with E-state index in [0.717, 1.165) is 0 Å². The summed E-state index contributed by atoms with van der Waals surface area (Å²) in [5.41, 5.74) is 6.20. The standard InChI is InChI=1S/C10H8BrF4NO.C8H9BrFN/c11-7-3-1-2-6(8(7)12)4-5-16-9(17)10(13,14)15;9-7-3-1-2-6(4-5-11)8(7)10/h1-3H,4-5H2,(H,16,17);1-3H,4-5,11H2. The molecular weight excluding hydrogens is 515 g/mol. The van der Waals surface area contributed by atoms with Gasteiger partial charge in [0, 0.05) is 6.54 Å². The lowest BCUT2D eigenvalue weighted by Crippen LogP contribution is -2.37. The van der Waals surface area contributed by atoms with Crippen LogP contribution in [-0.2, 0) is 17.6 Å². The summed E-state index contributed by atoms with van der Waals surface area (Å²) in [6, 6.07) is 9.71. The fourth-order valence-corrected chi connectivity index (χ4v) is 2.86. The van der Waals surface area contributed by atoms with Gasteiger partial charge in [-0.3, -0.25) is 4.79 Å². The molecule has 0 aliphatic rings. The minimum Gasteiger partial charge on any atom is -0.348 e. The molecule has 0 fully saturated rings. The topological polar surface area (TPSA) is 55.1 Å². The lowest BCUT2D eigenvalue weighted by Gasteiger charge is -2.08. The maximum absolute atomic E-state index is 13.4. The van der Waals surface area contributed by atoms with Crippen LogP contribution in [0.2, 0.25) is 0 Å². The quantitative estimate of drug-likeness (QED) is 0.539. The van der Waals surface area contributed by atoms with Crippen LogP contribution in [0.25, 0.3) is 0 Å². The molecule has 10 heteroatoms. The summed E-state index contributed by atoms with van der Waals surface area (Å²) in [6.45, 7) is 0.207. The molecule has 28 heavy (non-hydrogen) atoms. The van der Waals surface area contributed by atoms with Crippen molar-refractivity contribution >= 4 is 37.8 Å². The van der Waals surface area contributed by atoms with Gasteiger partial charge < -0.3 is 11.1 Å². The van der Waals surface area contributed by atoms with Gasteiger partial charge in [0.1, 0.15) is 11.6 Å². The Morgan fingerprint density at radius 1 is 0.929 bits per heavy atom. The zero-order valence-electron chi connectivity index (χ0n) is 14.4. The molecule has 0 atom stereocenters. The van der Waals surface area contributed by atoms with E-state index in [1.54, 1.807) is 29.6 Å². The number of carbonyl (C=O) groups excluding carboxylic acids is 1. The Labute approximate surface area is 175 Å². The number of halogens is 7. The third-order valence-electron chi connectivity index (χ3n) is 3.41. The zero-order valence-corrected chi connectivity index (χ0v) is 17.6. The van der Waals surface area contributed by atoms with E-state index in [-0.39, 0.29) is 28.8 Å². The molecule has 0 heterocycles. The van der Waals surface area contributed by atoms with Crippen molar-refractivity contribution in [3.8, 4) is 0 Å². The first kappa shape index (κ1) is 24.5. The second-order valence-corrected chi connectivity index (χ2v) is 7.18. The van der Waals surface area contributed by atoms with E-state index in [4.69, 9.17) is 5.73 Å². The van der Waals surface area contributed by atoms with Crippen molar-refractivity contribution in [1.82, 2.24) is 5.32 Å². The molecule has 0 bridgehead atoms. The summed E-state index contributed by atoms with van der Waals surface area (Å²) in [6.07, 6.45) is -4.33. The number of rotatable bonds is 5. The van der Waals surface area contributed by atoms with Crippen molar-refractivity contribution in [3.05, 3.63) is 68.1 Å². The van der Waals surface area contributed by atoms with E-state index in [1.807, 2.05) is 0 Å². The third kappa shape index (κ3) is 7.84. The normalized spacial score (nSPS) is 10.9. The Morgan fingerprint density at radius 3 is 1.82 bits per heavy atom. The lowest BCUT2D eigenvalue weighted by atomic mass is 10.1. The molecule has 0 saturated carbocycles. The van der Waals surface area contributed by atoms with Crippen LogP contribution in [0.5, 0.6) is 0 Å². The maximum Gasteiger partial charge on any atom is 0.471 e. The van der Waals surface area contributed by atoms with Crippen LogP contribution in [0.15, 0.2) is 45.3 Å². The highest BCUT2D eigenvalue weighted by molar-refractivity contribution is 9.10. The molecule has 0 aliphatic carbocycles. The van der Waals surface area contributed by atoms with Crippen LogP contribution in [0.3, 0.4) is 0 Å². The van der Waals surface area contributed by atoms with Gasteiger partial charge in [0.15, 0.2) is 0 Å². The molecule has 3 nitrogen and oxygen atoms in total. The van der Waals surface area contributed by atoms with E-state index >= 15 is 0 Å². The van der Waals surface area contributed by atoms with Crippen molar-refractivity contribution in [2.24, 2.45) is 5.73 Å². The van der Waals surface area contributed by atoms with E-state index in [9.17, 15) is 26.7 Å². The van der Waals surface area contributed by atoms with Crippen molar-refractivity contribution in [2.45, 2.75) is 19.0 Å². The summed E-state index contributed by atoms with van der Waals surface area (Å²) in [4.78, 5) is 10.5. The highest BCUT2D eigenvalue weighted by atomic mass is 79.9. The Kier molecular flexibility index (Phi) is 10.0. The van der Waals surface area contributed by atoms with E-state index < -0.39 is 17.9 Å². The predicted molar refractivity (Wildman–Crippen MR) is 104 cm³/mol. The molecule has 2 rings (SSSR count). The van der Waals surface area contributed by atoms with Gasteiger partial charge in [0.25, 0.3) is 0 Å². The molecular formula is C18H17Br2F5N2O. The predicted octanol–water partition coefficient (Wildman–Crippen LogP) is 4.90. The average Bonchev–Trinajstić information content (AvgIpc) is 2.62. The van der Waals surface area contributed by atoms with Crippen molar-refractivity contribution in [1.29, 1.82) is 0 Å². The number of hydrogen-bond donors (Lipinski definition) is 2. The van der Waals surface area contributed by atoms with Crippen molar-refractivity contribution < 1.29 is 26.7 Å². The maximum atomic E-state index is 13.4. The van der Waals surface area contributed by atoms with E-state index in [1.165, 1.54) is 12.1 Å². The summed E-state index contributed by atoms with van der Waals surface area (Å²) in [5, 5.41) is 1.67. The van der Waals surface area contributed by atoms with Crippen LogP contribution >= 0.6 is 31.9 Å². The van der Waals surface area contributed by atoms with Gasteiger partial charge in [-0.25, -0.2) is 8.78 Å². The zero-order chi connectivity index (χ0) is 21.3. The minimum atomic E-state index is -4.91. The second-order valence-electron chi connectivity index (χ2n) is 5.47. The molecule has 2 aromatic carbocycles. The SMILES string of the molecule is NCCc1cccc(Br)c1F.O=C(NCCc1cccc(Br)c1F)C(F)(F)F. The van der Waals surface area contributed by atoms with Gasteiger partial charge in [-0.15, -0.1) is 0 Å². The van der Waals surface area contributed by atoms with Gasteiger partial charge in [0.05, 0.1) is 8.95 Å². The summed E-state index contributed by atoms with van der Waals surface area (Å²) in [5.74, 6) is -2.75. The molecule has 0 unspecified atom stereocenters. The molecule has 2 aromatic rings. The molecule has 1 amide bonds.